The van der Waals surface area contributed by atoms with Gasteiger partial charge in [-0.1, -0.05) is 11.6 Å². The van der Waals surface area contributed by atoms with Crippen molar-refractivity contribution in [1.82, 2.24) is 19.9 Å². The van der Waals surface area contributed by atoms with Crippen molar-refractivity contribution in [3.63, 3.8) is 0 Å². The Hall–Kier alpha value is -1.96. The Bertz CT molecular complexity index is 467. The normalized spacial score (nSPS) is 16.0. The minimum Gasteiger partial charge on any atom is -0.480 e. The van der Waals surface area contributed by atoms with Crippen molar-refractivity contribution in [3.05, 3.63) is 6.20 Å². The topological polar surface area (TPSA) is 100 Å². The van der Waals surface area contributed by atoms with Gasteiger partial charge in [0.2, 0.25) is 5.91 Å². The molecule has 0 aromatic carbocycles. The number of piperidine rings is 1. The Morgan fingerprint density at radius 3 is 2.75 bits per heavy atom. The first-order chi connectivity index (χ1) is 9.63. The summed E-state index contributed by atoms with van der Waals surface area (Å²) in [5, 5.41) is 18.6. The van der Waals surface area contributed by atoms with E-state index in [1.807, 2.05) is 0 Å². The van der Waals surface area contributed by atoms with E-state index >= 15 is 0 Å². The van der Waals surface area contributed by atoms with Crippen molar-refractivity contribution in [2.24, 2.45) is 0 Å². The lowest BCUT2D eigenvalue weighted by molar-refractivity contribution is -0.137. The zero-order valence-corrected chi connectivity index (χ0v) is 11.3. The number of rotatable bonds is 6. The van der Waals surface area contributed by atoms with Crippen molar-refractivity contribution in [3.8, 4) is 0 Å². The predicted octanol–water partition coefficient (Wildman–Crippen LogP) is 0.177. The Morgan fingerprint density at radius 2 is 2.05 bits per heavy atom. The fourth-order valence-corrected chi connectivity index (χ4v) is 2.22. The zero-order valence-electron chi connectivity index (χ0n) is 11.3. The maximum Gasteiger partial charge on any atom is 0.325 e. The molecular formula is C12H19N5O3. The fourth-order valence-electron chi connectivity index (χ4n) is 2.22. The van der Waals surface area contributed by atoms with E-state index in [1.165, 1.54) is 30.1 Å². The van der Waals surface area contributed by atoms with Crippen LogP contribution in [0.25, 0.3) is 0 Å². The Balaban J connectivity index is 1.73. The van der Waals surface area contributed by atoms with Crippen LogP contribution in [0.1, 0.15) is 25.7 Å². The molecule has 8 nitrogen and oxygen atoms in total. The summed E-state index contributed by atoms with van der Waals surface area (Å²) in [6, 6.07) is 0. The van der Waals surface area contributed by atoms with E-state index < -0.39 is 5.97 Å². The minimum atomic E-state index is -1.00. The molecule has 0 bridgehead atoms. The highest BCUT2D eigenvalue weighted by Gasteiger charge is 2.12. The molecule has 8 heteroatoms. The molecule has 1 aliphatic heterocycles. The summed E-state index contributed by atoms with van der Waals surface area (Å²) in [5.41, 5.74) is 0. The van der Waals surface area contributed by atoms with Crippen LogP contribution < -0.4 is 5.32 Å². The highest BCUT2D eigenvalue weighted by atomic mass is 16.4. The molecule has 1 aromatic heterocycles. The minimum absolute atomic E-state index is 0.127. The van der Waals surface area contributed by atoms with Gasteiger partial charge in [-0.3, -0.25) is 9.59 Å². The van der Waals surface area contributed by atoms with Crippen molar-refractivity contribution in [2.75, 3.05) is 25.0 Å². The quantitative estimate of drug-likeness (QED) is 0.771. The van der Waals surface area contributed by atoms with E-state index in [4.69, 9.17) is 5.11 Å². The third-order valence-corrected chi connectivity index (χ3v) is 3.21. The van der Waals surface area contributed by atoms with Crippen LogP contribution in [0.2, 0.25) is 0 Å². The average molecular weight is 281 g/mol. The molecule has 0 saturated carbocycles. The van der Waals surface area contributed by atoms with Crippen LogP contribution in [-0.2, 0) is 16.1 Å². The van der Waals surface area contributed by atoms with E-state index in [2.05, 4.69) is 20.5 Å². The second kappa shape index (κ2) is 6.99. The standard InChI is InChI=1S/C12H19N5O3/c18-11(4-7-16-5-2-1-3-6-16)13-10-8-17(15-14-10)9-12(19)20/h8H,1-7,9H2,(H,13,18)(H,19,20). The number of hydrogen-bond acceptors (Lipinski definition) is 5. The number of aliphatic carboxylic acids is 1. The lowest BCUT2D eigenvalue weighted by Gasteiger charge is -2.25. The molecule has 110 valence electrons. The summed E-state index contributed by atoms with van der Waals surface area (Å²) in [6.45, 7) is 2.59. The van der Waals surface area contributed by atoms with Gasteiger partial charge in [-0.2, -0.15) is 0 Å². The molecular weight excluding hydrogens is 262 g/mol. The van der Waals surface area contributed by atoms with Gasteiger partial charge in [0.05, 0.1) is 6.20 Å². The van der Waals surface area contributed by atoms with Gasteiger partial charge in [0.15, 0.2) is 5.82 Å². The van der Waals surface area contributed by atoms with E-state index in [9.17, 15) is 9.59 Å². The number of carbonyl (C=O) groups excluding carboxylic acids is 1. The zero-order chi connectivity index (χ0) is 14.4. The maximum absolute atomic E-state index is 11.8. The van der Waals surface area contributed by atoms with Crippen LogP contribution in [-0.4, -0.2) is 56.5 Å². The van der Waals surface area contributed by atoms with Crippen molar-refractivity contribution >= 4 is 17.7 Å². The number of carboxylic acids is 1. The molecule has 1 saturated heterocycles. The summed E-state index contributed by atoms with van der Waals surface area (Å²) < 4.78 is 1.17. The van der Waals surface area contributed by atoms with Gasteiger partial charge < -0.3 is 15.3 Å². The molecule has 0 unspecified atom stereocenters. The van der Waals surface area contributed by atoms with Gasteiger partial charge in [0, 0.05) is 13.0 Å². The molecule has 2 N–H and O–H groups in total. The van der Waals surface area contributed by atoms with Crippen LogP contribution in [0, 0.1) is 0 Å². The van der Waals surface area contributed by atoms with Gasteiger partial charge >= 0.3 is 5.97 Å². The van der Waals surface area contributed by atoms with E-state index in [-0.39, 0.29) is 18.3 Å². The summed E-state index contributed by atoms with van der Waals surface area (Å²) in [5.74, 6) is -0.842. The Kier molecular flexibility index (Phi) is 5.05. The summed E-state index contributed by atoms with van der Waals surface area (Å²) in [4.78, 5) is 24.5. The van der Waals surface area contributed by atoms with Crippen LogP contribution in [0.4, 0.5) is 5.82 Å². The highest BCUT2D eigenvalue weighted by molar-refractivity contribution is 5.89. The van der Waals surface area contributed by atoms with E-state index in [1.54, 1.807) is 0 Å². The first-order valence-corrected chi connectivity index (χ1v) is 6.77. The monoisotopic (exact) mass is 281 g/mol. The predicted molar refractivity (Wildman–Crippen MR) is 71.2 cm³/mol. The molecule has 1 amide bonds. The molecule has 2 rings (SSSR count). The SMILES string of the molecule is O=C(O)Cn1cc(NC(=O)CCN2CCCCC2)nn1. The summed E-state index contributed by atoms with van der Waals surface area (Å²) in [7, 11) is 0. The van der Waals surface area contributed by atoms with Gasteiger partial charge in [-0.15, -0.1) is 5.10 Å². The average Bonchev–Trinajstić information content (AvgIpc) is 2.84. The van der Waals surface area contributed by atoms with Gasteiger partial charge in [-0.25, -0.2) is 4.68 Å². The number of nitrogens with zero attached hydrogens (tertiary/aromatic N) is 4. The number of anilines is 1. The highest BCUT2D eigenvalue weighted by Crippen LogP contribution is 2.09. The van der Waals surface area contributed by atoms with Crippen LogP contribution >= 0.6 is 0 Å². The first-order valence-electron chi connectivity index (χ1n) is 6.77. The molecule has 0 aliphatic carbocycles. The van der Waals surface area contributed by atoms with Gasteiger partial charge in [0.1, 0.15) is 6.54 Å². The number of carboxylic acid groups (broad SMARTS) is 1. The number of likely N-dealkylation sites (tertiary alicyclic amines) is 1. The molecule has 1 fully saturated rings. The summed E-state index contributed by atoms with van der Waals surface area (Å²) in [6.07, 6.45) is 5.49. The summed E-state index contributed by atoms with van der Waals surface area (Å²) >= 11 is 0. The molecule has 1 aliphatic rings. The lowest BCUT2D eigenvalue weighted by Crippen LogP contribution is -2.32. The lowest BCUT2D eigenvalue weighted by atomic mass is 10.1. The van der Waals surface area contributed by atoms with E-state index in [0.29, 0.717) is 6.42 Å². The van der Waals surface area contributed by atoms with E-state index in [0.717, 1.165) is 19.6 Å². The molecule has 2 heterocycles. The first kappa shape index (κ1) is 14.4. The Labute approximate surface area is 116 Å². The molecule has 20 heavy (non-hydrogen) atoms. The number of nitrogens with one attached hydrogen (secondary N) is 1. The molecule has 0 radical (unpaired) electrons. The van der Waals surface area contributed by atoms with Crippen LogP contribution in [0.15, 0.2) is 6.20 Å². The van der Waals surface area contributed by atoms with Crippen molar-refractivity contribution < 1.29 is 14.7 Å². The fraction of sp³-hybridized carbons (Fsp3) is 0.667. The maximum atomic E-state index is 11.8. The Morgan fingerprint density at radius 1 is 1.30 bits per heavy atom. The largest absolute Gasteiger partial charge is 0.480 e. The number of carbonyl (C=O) groups is 2. The van der Waals surface area contributed by atoms with Crippen molar-refractivity contribution in [2.45, 2.75) is 32.2 Å². The third-order valence-electron chi connectivity index (χ3n) is 3.21. The van der Waals surface area contributed by atoms with Crippen LogP contribution in [0.5, 0.6) is 0 Å². The molecule has 0 spiro atoms. The van der Waals surface area contributed by atoms with Crippen LogP contribution in [0.3, 0.4) is 0 Å². The smallest absolute Gasteiger partial charge is 0.325 e. The third kappa shape index (κ3) is 4.61. The number of amides is 1. The number of aromatic nitrogens is 3. The molecule has 0 atom stereocenters. The second-order valence-electron chi connectivity index (χ2n) is 4.90. The van der Waals surface area contributed by atoms with Gasteiger partial charge in [0.25, 0.3) is 0 Å². The number of hydrogen-bond donors (Lipinski definition) is 2. The van der Waals surface area contributed by atoms with Gasteiger partial charge in [-0.05, 0) is 25.9 Å². The van der Waals surface area contributed by atoms with Crippen molar-refractivity contribution in [1.29, 1.82) is 0 Å². The second-order valence-corrected chi connectivity index (χ2v) is 4.90. The molecule has 1 aromatic rings.